The van der Waals surface area contributed by atoms with Crippen LogP contribution in [0.1, 0.15) is 61.3 Å². The Labute approximate surface area is 350 Å². The molecular weight excluding hydrogens is 757 g/mol. The van der Waals surface area contributed by atoms with E-state index in [0.717, 1.165) is 73.7 Å². The zero-order valence-electron chi connectivity index (χ0n) is 36.0. The molecule has 1 atom stereocenters. The summed E-state index contributed by atoms with van der Waals surface area (Å²) >= 11 is 0. The fraction of sp³-hybridized carbons (Fsp3) is 0.522. The van der Waals surface area contributed by atoms with Crippen LogP contribution in [0.25, 0.3) is 0 Å². The van der Waals surface area contributed by atoms with E-state index >= 15 is 0 Å². The number of carbonyl (C=O) groups excluding carboxylic acids is 2. The first-order chi connectivity index (χ1) is 28.7. The van der Waals surface area contributed by atoms with Crippen LogP contribution in [0.5, 0.6) is 34.5 Å². The van der Waals surface area contributed by atoms with Crippen LogP contribution in [-0.2, 0) is 43.2 Å². The minimum absolute atomic E-state index is 0.187. The maximum absolute atomic E-state index is 12.3. The number of esters is 2. The number of hydrogen-bond donors (Lipinski definition) is 0. The summed E-state index contributed by atoms with van der Waals surface area (Å²) in [6, 6.07) is 16.2. The first-order valence-corrected chi connectivity index (χ1v) is 20.5. The highest BCUT2D eigenvalue weighted by Crippen LogP contribution is 2.37. The second kappa shape index (κ2) is 25.5. The highest BCUT2D eigenvalue weighted by molar-refractivity contribution is 5.91. The molecule has 4 rings (SSSR count). The van der Waals surface area contributed by atoms with Crippen LogP contribution in [0, 0.1) is 0 Å². The highest BCUT2D eigenvalue weighted by Gasteiger charge is 2.19. The molecule has 0 aliphatic carbocycles. The molecule has 0 saturated carbocycles. The number of methoxy groups -OCH3 is 4. The van der Waals surface area contributed by atoms with Crippen LogP contribution in [0.4, 0.5) is 0 Å². The fourth-order valence-electron chi connectivity index (χ4n) is 6.86. The summed E-state index contributed by atoms with van der Waals surface area (Å²) in [6.07, 6.45) is 6.06. The van der Waals surface area contributed by atoms with Crippen LogP contribution in [0.3, 0.4) is 0 Å². The molecule has 1 aliphatic rings. The second-order valence-corrected chi connectivity index (χ2v) is 14.5. The smallest absolute Gasteiger partial charge is 0.331 e. The van der Waals surface area contributed by atoms with Gasteiger partial charge in [0, 0.05) is 51.5 Å². The van der Waals surface area contributed by atoms with Gasteiger partial charge in [-0.05, 0) is 104 Å². The Bertz CT molecular complexity index is 1780. The van der Waals surface area contributed by atoms with Gasteiger partial charge < -0.3 is 47.5 Å². The van der Waals surface area contributed by atoms with Crippen molar-refractivity contribution < 1.29 is 52.2 Å². The average Bonchev–Trinajstić information content (AvgIpc) is 3.25. The van der Waals surface area contributed by atoms with Crippen LogP contribution >= 0.6 is 0 Å². The first kappa shape index (κ1) is 46.7. The zero-order chi connectivity index (χ0) is 42.4. The van der Waals surface area contributed by atoms with E-state index in [1.807, 2.05) is 37.4 Å². The Morgan fingerprint density at radius 2 is 1.32 bits per heavy atom. The molecule has 0 spiro atoms. The van der Waals surface area contributed by atoms with Gasteiger partial charge in [-0.25, -0.2) is 9.59 Å². The van der Waals surface area contributed by atoms with Gasteiger partial charge in [0.05, 0.1) is 48.3 Å². The van der Waals surface area contributed by atoms with E-state index in [2.05, 4.69) is 41.8 Å². The molecule has 1 aliphatic heterocycles. The average molecular weight is 821 g/mol. The van der Waals surface area contributed by atoms with Crippen LogP contribution < -0.4 is 28.4 Å². The zero-order valence-corrected chi connectivity index (χ0v) is 36.0. The number of nitrogens with zero attached hydrogens (tertiary/aromatic N) is 2. The Kier molecular flexibility index (Phi) is 20.2. The topological polar surface area (TPSA) is 124 Å². The summed E-state index contributed by atoms with van der Waals surface area (Å²) < 4.78 is 50.1. The van der Waals surface area contributed by atoms with Gasteiger partial charge in [-0.15, -0.1) is 0 Å². The number of ether oxygens (including phenoxy) is 9. The lowest BCUT2D eigenvalue weighted by Gasteiger charge is -2.24. The van der Waals surface area contributed by atoms with Crippen molar-refractivity contribution in [2.75, 3.05) is 101 Å². The van der Waals surface area contributed by atoms with Crippen LogP contribution in [-0.4, -0.2) is 123 Å². The van der Waals surface area contributed by atoms with Gasteiger partial charge in [0.2, 0.25) is 0 Å². The summed E-state index contributed by atoms with van der Waals surface area (Å²) in [5, 5.41) is 0. The van der Waals surface area contributed by atoms with Crippen molar-refractivity contribution in [3.63, 3.8) is 0 Å². The lowest BCUT2D eigenvalue weighted by molar-refractivity contribution is -0.140. The summed E-state index contributed by atoms with van der Waals surface area (Å²) in [5.41, 5.74) is 4.61. The Morgan fingerprint density at radius 3 is 2.00 bits per heavy atom. The molecule has 0 N–H and O–H groups in total. The molecule has 3 aromatic carbocycles. The van der Waals surface area contributed by atoms with Crippen molar-refractivity contribution in [2.24, 2.45) is 0 Å². The molecule has 0 saturated heterocycles. The maximum Gasteiger partial charge on any atom is 0.331 e. The van der Waals surface area contributed by atoms with Gasteiger partial charge in [-0.3, -0.25) is 4.90 Å². The third kappa shape index (κ3) is 15.6. The molecule has 59 heavy (non-hydrogen) atoms. The molecule has 0 amide bonds. The molecule has 0 unspecified atom stereocenters. The Morgan fingerprint density at radius 1 is 0.695 bits per heavy atom. The monoisotopic (exact) mass is 820 g/mol. The third-order valence-corrected chi connectivity index (χ3v) is 9.99. The van der Waals surface area contributed by atoms with E-state index in [9.17, 15) is 9.59 Å². The molecule has 0 fully saturated rings. The molecule has 13 nitrogen and oxygen atoms in total. The van der Waals surface area contributed by atoms with Crippen molar-refractivity contribution >= 4 is 11.9 Å². The van der Waals surface area contributed by atoms with Crippen LogP contribution in [0.15, 0.2) is 60.7 Å². The van der Waals surface area contributed by atoms with E-state index in [0.29, 0.717) is 75.4 Å². The summed E-state index contributed by atoms with van der Waals surface area (Å²) in [7, 11) is 8.61. The molecular formula is C46H64N2O11. The number of likely N-dealkylation sites (N-methyl/N-ethyl adjacent to an activating group) is 1. The molecule has 0 bridgehead atoms. The predicted molar refractivity (Wildman–Crippen MR) is 227 cm³/mol. The van der Waals surface area contributed by atoms with E-state index in [4.69, 9.17) is 42.6 Å². The lowest BCUT2D eigenvalue weighted by Crippen LogP contribution is -2.29. The van der Waals surface area contributed by atoms with Gasteiger partial charge in [-0.1, -0.05) is 26.0 Å². The van der Waals surface area contributed by atoms with Gasteiger partial charge in [0.1, 0.15) is 13.2 Å². The van der Waals surface area contributed by atoms with E-state index in [1.54, 1.807) is 28.4 Å². The SMILES string of the molecule is CCCOCCN(CCCOC(=O)/C=C\C(=O)OCCCN(C)CCc1cc(OC)c(OC)cc1[C@H](C)Cc1ccc(OC)c(OC)c1)Cc1ccc2c(c1)OCCO2. The number of benzene rings is 3. The van der Waals surface area contributed by atoms with E-state index < -0.39 is 11.9 Å². The summed E-state index contributed by atoms with van der Waals surface area (Å²) in [5.74, 6) is 3.33. The van der Waals surface area contributed by atoms with Gasteiger partial charge in [0.15, 0.2) is 34.5 Å². The number of carbonyl (C=O) groups is 2. The second-order valence-electron chi connectivity index (χ2n) is 14.5. The summed E-state index contributed by atoms with van der Waals surface area (Å²) in [4.78, 5) is 29.2. The first-order valence-electron chi connectivity index (χ1n) is 20.5. The minimum atomic E-state index is -0.584. The number of fused-ring (bicyclic) bond motifs is 1. The van der Waals surface area contributed by atoms with E-state index in [-0.39, 0.29) is 19.1 Å². The van der Waals surface area contributed by atoms with Gasteiger partial charge >= 0.3 is 11.9 Å². The van der Waals surface area contributed by atoms with Crippen molar-refractivity contribution in [2.45, 2.75) is 58.4 Å². The molecule has 13 heteroatoms. The minimum Gasteiger partial charge on any atom is -0.493 e. The Balaban J connectivity index is 1.17. The van der Waals surface area contributed by atoms with Gasteiger partial charge in [0.25, 0.3) is 0 Å². The largest absolute Gasteiger partial charge is 0.493 e. The molecule has 0 aromatic heterocycles. The third-order valence-electron chi connectivity index (χ3n) is 9.99. The van der Waals surface area contributed by atoms with E-state index in [1.165, 1.54) is 11.1 Å². The standard InChI is InChI=1S/C46H64N2O11/c1-8-22-55-25-21-48(33-36-12-14-40-44(30-36)57-27-26-56-40)19-10-24-59-46(50)16-15-45(49)58-23-9-18-47(3)20-17-37-31-42(53-6)43(54-7)32-38(37)34(2)28-35-11-13-39(51-4)41(29-35)52-5/h11-16,29-32,34H,8-10,17-28,33H2,1-7H3/b16-15-/t34-/m1/s1. The van der Waals surface area contributed by atoms with Crippen molar-refractivity contribution in [3.05, 3.63) is 82.9 Å². The normalized spacial score (nSPS) is 12.8. The Hall–Kier alpha value is -4.98. The number of hydrogen-bond acceptors (Lipinski definition) is 13. The van der Waals surface area contributed by atoms with Crippen molar-refractivity contribution in [3.8, 4) is 34.5 Å². The molecule has 3 aromatic rings. The molecule has 324 valence electrons. The van der Waals surface area contributed by atoms with Crippen LogP contribution in [0.2, 0.25) is 0 Å². The highest BCUT2D eigenvalue weighted by atomic mass is 16.6. The molecule has 1 heterocycles. The van der Waals surface area contributed by atoms with Gasteiger partial charge in [-0.2, -0.15) is 0 Å². The quantitative estimate of drug-likeness (QED) is 0.0463. The lowest BCUT2D eigenvalue weighted by atomic mass is 9.88. The predicted octanol–water partition coefficient (Wildman–Crippen LogP) is 6.66. The number of rotatable bonds is 27. The summed E-state index contributed by atoms with van der Waals surface area (Å²) in [6.45, 7) is 10.8. The molecule has 0 radical (unpaired) electrons. The maximum atomic E-state index is 12.3. The fourth-order valence-corrected chi connectivity index (χ4v) is 6.86. The van der Waals surface area contributed by atoms with Crippen molar-refractivity contribution in [1.82, 2.24) is 9.80 Å². The van der Waals surface area contributed by atoms with Crippen molar-refractivity contribution in [1.29, 1.82) is 0 Å².